The van der Waals surface area contributed by atoms with E-state index >= 15 is 0 Å². The van der Waals surface area contributed by atoms with Crippen LogP contribution in [0.2, 0.25) is 5.02 Å². The van der Waals surface area contributed by atoms with E-state index in [1.165, 1.54) is 4.90 Å². The molecule has 0 saturated heterocycles. The molecule has 2 N–H and O–H groups in total. The van der Waals surface area contributed by atoms with Crippen molar-refractivity contribution in [2.24, 2.45) is 0 Å². The van der Waals surface area contributed by atoms with E-state index in [4.69, 9.17) is 16.3 Å². The number of carbonyl (C=O) groups is 1. The molecule has 1 unspecified atom stereocenters. The normalized spacial score (nSPS) is 11.8. The molecule has 0 aliphatic heterocycles. The summed E-state index contributed by atoms with van der Waals surface area (Å²) >= 11 is 6.31. The molecular formula is C23H33Cl2N3O2. The van der Waals surface area contributed by atoms with Crippen LogP contribution in [0.15, 0.2) is 48.5 Å². The van der Waals surface area contributed by atoms with Crippen molar-refractivity contribution < 1.29 is 26.8 Å². The first-order valence-electron chi connectivity index (χ1n) is 10.2. The number of nitrogens with zero attached hydrogens (tertiary/aromatic N) is 1. The molecule has 0 aliphatic rings. The number of nitrogens with one attached hydrogen (secondary N) is 2. The zero-order chi connectivity index (χ0) is 21.2. The number of amides is 1. The van der Waals surface area contributed by atoms with Gasteiger partial charge in [0.25, 0.3) is 0 Å². The first kappa shape index (κ1) is 26.2. The molecule has 0 saturated carbocycles. The minimum atomic E-state index is -0.430. The van der Waals surface area contributed by atoms with E-state index in [0.29, 0.717) is 10.7 Å². The molecule has 0 aromatic heterocycles. The van der Waals surface area contributed by atoms with Crippen LogP contribution in [0.5, 0.6) is 5.75 Å². The Bertz CT molecular complexity index is 750. The van der Waals surface area contributed by atoms with Gasteiger partial charge in [-0.2, -0.15) is 0 Å². The Balaban J connectivity index is 0.00000450. The highest BCUT2D eigenvalue weighted by Gasteiger charge is 2.26. The maximum Gasteiger partial charge on any atom is 0.245 e. The number of ether oxygens (including phenoxy) is 1. The summed E-state index contributed by atoms with van der Waals surface area (Å²) in [5.41, 5.74) is 1.59. The Kier molecular flexibility index (Phi) is 11.8. The number of hydrogen-bond acceptors (Lipinski definition) is 3. The summed E-state index contributed by atoms with van der Waals surface area (Å²) in [6.45, 7) is 10.5. The van der Waals surface area contributed by atoms with Gasteiger partial charge in [0.2, 0.25) is 5.91 Å². The molecule has 0 heterocycles. The first-order valence-corrected chi connectivity index (χ1v) is 10.6. The summed E-state index contributed by atoms with van der Waals surface area (Å²) in [6.07, 6.45) is 0. The number of likely N-dealkylation sites (N-methyl/N-ethyl adjacent to an activating group) is 2. The average molecular weight is 454 g/mol. The third-order valence-electron chi connectivity index (χ3n) is 5.27. The Morgan fingerprint density at radius 3 is 2.40 bits per heavy atom. The van der Waals surface area contributed by atoms with Gasteiger partial charge in [-0.05, 0) is 51.6 Å². The second-order valence-electron chi connectivity index (χ2n) is 7.25. The lowest BCUT2D eigenvalue weighted by Crippen LogP contribution is -3.12. The molecule has 166 valence electrons. The Hall–Kier alpha value is -1.79. The van der Waals surface area contributed by atoms with Gasteiger partial charge in [-0.3, -0.25) is 9.69 Å². The Morgan fingerprint density at radius 1 is 1.13 bits per heavy atom. The number of quaternary nitrogens is 1. The van der Waals surface area contributed by atoms with E-state index in [1.807, 2.05) is 56.4 Å². The summed E-state index contributed by atoms with van der Waals surface area (Å²) in [5.74, 6) is 0.635. The standard InChI is InChI=1S/C23H32ClN3O2.ClH/c1-5-27(6-2)16-15-26(4)21(17-29-19-12-8-7-9-13-19)23(28)25-22-18(3)11-10-14-20(22)24;/h7-14,21H,5-6,15-17H2,1-4H3,(H,25,28);1H. The van der Waals surface area contributed by atoms with Crippen LogP contribution < -0.4 is 27.4 Å². The van der Waals surface area contributed by atoms with Gasteiger partial charge < -0.3 is 27.4 Å². The lowest BCUT2D eigenvalue weighted by Gasteiger charge is -2.28. The van der Waals surface area contributed by atoms with E-state index < -0.39 is 6.04 Å². The van der Waals surface area contributed by atoms with Crippen LogP contribution in [0.3, 0.4) is 0 Å². The van der Waals surface area contributed by atoms with Crippen molar-refractivity contribution in [2.75, 3.05) is 45.2 Å². The van der Waals surface area contributed by atoms with Crippen molar-refractivity contribution in [2.45, 2.75) is 26.8 Å². The van der Waals surface area contributed by atoms with Crippen LogP contribution in [0, 0.1) is 6.92 Å². The maximum absolute atomic E-state index is 13.2. The SMILES string of the molecule is CC[NH+](CC)CCN(C)C(COc1ccccc1)C(=O)Nc1c(C)cccc1Cl.[Cl-]. The molecule has 1 amide bonds. The fraction of sp³-hybridized carbons (Fsp3) is 0.435. The highest BCUT2D eigenvalue weighted by atomic mass is 35.5. The Labute approximate surface area is 191 Å². The van der Waals surface area contributed by atoms with E-state index in [2.05, 4.69) is 24.1 Å². The predicted molar refractivity (Wildman–Crippen MR) is 120 cm³/mol. The van der Waals surface area contributed by atoms with Crippen molar-refractivity contribution in [1.82, 2.24) is 4.90 Å². The zero-order valence-electron chi connectivity index (χ0n) is 18.3. The lowest BCUT2D eigenvalue weighted by atomic mass is 10.1. The number of carbonyl (C=O) groups excluding carboxylic acids is 1. The number of hydrogen-bond donors (Lipinski definition) is 2. The quantitative estimate of drug-likeness (QED) is 0.499. The fourth-order valence-electron chi connectivity index (χ4n) is 3.19. The predicted octanol–water partition coefficient (Wildman–Crippen LogP) is -0.105. The summed E-state index contributed by atoms with van der Waals surface area (Å²) in [6, 6.07) is 14.7. The topological polar surface area (TPSA) is 46.0 Å². The van der Waals surface area contributed by atoms with E-state index in [0.717, 1.165) is 37.5 Å². The van der Waals surface area contributed by atoms with E-state index in [-0.39, 0.29) is 24.9 Å². The van der Waals surface area contributed by atoms with Crippen LogP contribution in [0.1, 0.15) is 19.4 Å². The minimum Gasteiger partial charge on any atom is -1.00 e. The molecule has 2 aromatic carbocycles. The lowest BCUT2D eigenvalue weighted by molar-refractivity contribution is -0.895. The molecule has 5 nitrogen and oxygen atoms in total. The molecule has 0 aliphatic carbocycles. The van der Waals surface area contributed by atoms with Gasteiger partial charge in [-0.1, -0.05) is 41.9 Å². The second-order valence-corrected chi connectivity index (χ2v) is 7.66. The summed E-state index contributed by atoms with van der Waals surface area (Å²) in [4.78, 5) is 16.7. The van der Waals surface area contributed by atoms with Gasteiger partial charge in [-0.25, -0.2) is 0 Å². The van der Waals surface area contributed by atoms with Crippen LogP contribution >= 0.6 is 11.6 Å². The van der Waals surface area contributed by atoms with Gasteiger partial charge in [0.05, 0.1) is 30.3 Å². The van der Waals surface area contributed by atoms with Crippen molar-refractivity contribution in [3.05, 3.63) is 59.1 Å². The third-order valence-corrected chi connectivity index (χ3v) is 5.59. The number of halogens is 2. The van der Waals surface area contributed by atoms with Gasteiger partial charge in [0.15, 0.2) is 0 Å². The molecule has 0 fully saturated rings. The number of rotatable bonds is 11. The molecule has 2 rings (SSSR count). The summed E-state index contributed by atoms with van der Waals surface area (Å²) in [5, 5.41) is 3.55. The third kappa shape index (κ3) is 7.80. The Morgan fingerprint density at radius 2 is 1.80 bits per heavy atom. The van der Waals surface area contributed by atoms with Crippen molar-refractivity contribution in [3.8, 4) is 5.75 Å². The number of aryl methyl sites for hydroxylation is 1. The molecule has 0 spiro atoms. The molecule has 7 heteroatoms. The van der Waals surface area contributed by atoms with Gasteiger partial charge >= 0.3 is 0 Å². The smallest absolute Gasteiger partial charge is 0.245 e. The minimum absolute atomic E-state index is 0. The van der Waals surface area contributed by atoms with Gasteiger partial charge in [-0.15, -0.1) is 0 Å². The molecule has 1 atom stereocenters. The van der Waals surface area contributed by atoms with E-state index in [1.54, 1.807) is 6.07 Å². The van der Waals surface area contributed by atoms with Crippen molar-refractivity contribution in [1.29, 1.82) is 0 Å². The van der Waals surface area contributed by atoms with Crippen LogP contribution in [0.4, 0.5) is 5.69 Å². The molecule has 0 bridgehead atoms. The van der Waals surface area contributed by atoms with Crippen LogP contribution in [-0.4, -0.2) is 56.7 Å². The zero-order valence-corrected chi connectivity index (χ0v) is 19.8. The molecule has 0 radical (unpaired) electrons. The molecule has 2 aromatic rings. The monoisotopic (exact) mass is 453 g/mol. The number of para-hydroxylation sites is 2. The number of anilines is 1. The van der Waals surface area contributed by atoms with Gasteiger partial charge in [0.1, 0.15) is 18.4 Å². The second kappa shape index (κ2) is 13.5. The summed E-state index contributed by atoms with van der Waals surface area (Å²) < 4.78 is 5.93. The molecule has 30 heavy (non-hydrogen) atoms. The fourth-order valence-corrected chi connectivity index (χ4v) is 3.45. The van der Waals surface area contributed by atoms with Crippen LogP contribution in [-0.2, 0) is 4.79 Å². The summed E-state index contributed by atoms with van der Waals surface area (Å²) in [7, 11) is 1.97. The molecular weight excluding hydrogens is 421 g/mol. The van der Waals surface area contributed by atoms with Gasteiger partial charge in [0, 0.05) is 6.54 Å². The largest absolute Gasteiger partial charge is 1.00 e. The first-order chi connectivity index (χ1) is 14.0. The van der Waals surface area contributed by atoms with E-state index in [9.17, 15) is 4.79 Å². The highest BCUT2D eigenvalue weighted by Crippen LogP contribution is 2.25. The highest BCUT2D eigenvalue weighted by molar-refractivity contribution is 6.34. The van der Waals surface area contributed by atoms with Crippen molar-refractivity contribution in [3.63, 3.8) is 0 Å². The number of benzene rings is 2. The maximum atomic E-state index is 13.2. The van der Waals surface area contributed by atoms with Crippen molar-refractivity contribution >= 4 is 23.2 Å². The average Bonchev–Trinajstić information content (AvgIpc) is 2.72. The van der Waals surface area contributed by atoms with Crippen LogP contribution in [0.25, 0.3) is 0 Å².